The largest absolute Gasteiger partial charge is 0.399 e. The lowest BCUT2D eigenvalue weighted by atomic mass is 10.3. The number of anilines is 1. The lowest BCUT2D eigenvalue weighted by molar-refractivity contribution is 0.565. The Hall–Kier alpha value is -1.64. The van der Waals surface area contributed by atoms with Crippen molar-refractivity contribution in [1.82, 2.24) is 0 Å². The fourth-order valence-corrected chi connectivity index (χ4v) is 3.46. The predicted octanol–water partition coefficient (Wildman–Crippen LogP) is 2.35. The van der Waals surface area contributed by atoms with E-state index in [2.05, 4.69) is 0 Å². The Morgan fingerprint density at radius 1 is 1.00 bits per heavy atom. The van der Waals surface area contributed by atoms with Crippen LogP contribution in [0.5, 0.6) is 0 Å². The van der Waals surface area contributed by atoms with Crippen molar-refractivity contribution in [3.8, 4) is 0 Å². The Bertz CT molecular complexity index is 764. The van der Waals surface area contributed by atoms with Gasteiger partial charge in [-0.3, -0.25) is 0 Å². The molecule has 2 aromatic carbocycles. The fraction of sp³-hybridized carbons (Fsp3) is 0. The summed E-state index contributed by atoms with van der Waals surface area (Å²) in [5.74, 6) is -1.50. The molecule has 0 aliphatic carbocycles. The molecule has 0 atom stereocenters. The highest BCUT2D eigenvalue weighted by Crippen LogP contribution is 2.35. The summed E-state index contributed by atoms with van der Waals surface area (Å²) < 4.78 is 49.4. The molecule has 0 amide bonds. The lowest BCUT2D eigenvalue weighted by Gasteiger charge is -2.09. The predicted molar refractivity (Wildman–Crippen MR) is 72.7 cm³/mol. The first-order valence-corrected chi connectivity index (χ1v) is 7.69. The minimum absolute atomic E-state index is 0.0843. The molecule has 0 saturated heterocycles. The topological polar surface area (TPSA) is 86.2 Å². The van der Waals surface area contributed by atoms with Crippen molar-refractivity contribution in [2.75, 3.05) is 5.73 Å². The Balaban J connectivity index is 2.49. The average molecular weight is 316 g/mol. The maximum Gasteiger partial charge on any atom is 0.239 e. The van der Waals surface area contributed by atoms with Gasteiger partial charge in [0, 0.05) is 21.5 Å². The van der Waals surface area contributed by atoms with Gasteiger partial charge in [0.25, 0.3) is 0 Å². The van der Waals surface area contributed by atoms with Gasteiger partial charge >= 0.3 is 0 Å². The third-order valence-corrected chi connectivity index (χ3v) is 4.60. The van der Waals surface area contributed by atoms with E-state index in [1.807, 2.05) is 0 Å². The van der Waals surface area contributed by atoms with Gasteiger partial charge in [0.1, 0.15) is 11.6 Å². The van der Waals surface area contributed by atoms with Crippen LogP contribution < -0.4 is 10.9 Å². The van der Waals surface area contributed by atoms with Gasteiger partial charge in [0.2, 0.25) is 10.0 Å². The highest BCUT2D eigenvalue weighted by Gasteiger charge is 2.17. The van der Waals surface area contributed by atoms with Gasteiger partial charge in [-0.2, -0.15) is 0 Å². The molecule has 2 aromatic rings. The number of rotatable bonds is 3. The third kappa shape index (κ3) is 3.27. The van der Waals surface area contributed by atoms with Gasteiger partial charge in [-0.25, -0.2) is 22.3 Å². The zero-order valence-electron chi connectivity index (χ0n) is 10.0. The molecule has 0 fully saturated rings. The van der Waals surface area contributed by atoms with Crippen molar-refractivity contribution in [3.05, 3.63) is 48.0 Å². The maximum atomic E-state index is 13.6. The Morgan fingerprint density at radius 2 is 1.65 bits per heavy atom. The van der Waals surface area contributed by atoms with Crippen molar-refractivity contribution in [3.63, 3.8) is 0 Å². The Morgan fingerprint density at radius 3 is 2.25 bits per heavy atom. The molecule has 0 unspecified atom stereocenters. The van der Waals surface area contributed by atoms with E-state index in [1.54, 1.807) is 0 Å². The quantitative estimate of drug-likeness (QED) is 0.851. The minimum Gasteiger partial charge on any atom is -0.399 e. The molecule has 0 spiro atoms. The summed E-state index contributed by atoms with van der Waals surface area (Å²) in [6, 6.07) is 7.11. The molecule has 0 heterocycles. The van der Waals surface area contributed by atoms with E-state index >= 15 is 0 Å². The van der Waals surface area contributed by atoms with Crippen LogP contribution in [-0.4, -0.2) is 8.42 Å². The zero-order chi connectivity index (χ0) is 14.9. The van der Waals surface area contributed by atoms with Crippen molar-refractivity contribution in [1.29, 1.82) is 0 Å². The highest BCUT2D eigenvalue weighted by atomic mass is 32.2. The first kappa shape index (κ1) is 14.8. The molecule has 20 heavy (non-hydrogen) atoms. The van der Waals surface area contributed by atoms with Gasteiger partial charge in [-0.05, 0) is 30.3 Å². The van der Waals surface area contributed by atoms with Crippen LogP contribution in [0.25, 0.3) is 0 Å². The van der Waals surface area contributed by atoms with Gasteiger partial charge in [-0.15, -0.1) is 0 Å². The molecule has 0 bridgehead atoms. The van der Waals surface area contributed by atoms with Crippen molar-refractivity contribution in [2.24, 2.45) is 5.14 Å². The third-order valence-electron chi connectivity index (χ3n) is 2.39. The number of nitrogen functional groups attached to an aromatic ring is 1. The first-order valence-electron chi connectivity index (χ1n) is 5.32. The molecule has 0 saturated carbocycles. The maximum absolute atomic E-state index is 13.6. The van der Waals surface area contributed by atoms with E-state index in [0.717, 1.165) is 23.9 Å². The van der Waals surface area contributed by atoms with E-state index in [-0.39, 0.29) is 20.4 Å². The van der Waals surface area contributed by atoms with E-state index in [1.165, 1.54) is 24.3 Å². The monoisotopic (exact) mass is 316 g/mol. The van der Waals surface area contributed by atoms with Crippen LogP contribution in [0.4, 0.5) is 14.5 Å². The molecule has 4 N–H and O–H groups in total. The van der Waals surface area contributed by atoms with E-state index in [0.29, 0.717) is 0 Å². The number of hydrogen-bond acceptors (Lipinski definition) is 4. The van der Waals surface area contributed by atoms with Gasteiger partial charge < -0.3 is 5.73 Å². The van der Waals surface area contributed by atoms with Crippen LogP contribution in [0.2, 0.25) is 0 Å². The van der Waals surface area contributed by atoms with Gasteiger partial charge in [0.15, 0.2) is 0 Å². The van der Waals surface area contributed by atoms with Crippen LogP contribution >= 0.6 is 11.8 Å². The molecule has 0 aliphatic rings. The molecular weight excluding hydrogens is 306 g/mol. The van der Waals surface area contributed by atoms with E-state index in [4.69, 9.17) is 10.9 Å². The normalized spacial score (nSPS) is 11.6. The number of sulfonamides is 1. The van der Waals surface area contributed by atoms with E-state index < -0.39 is 21.7 Å². The van der Waals surface area contributed by atoms with Crippen LogP contribution in [0.15, 0.2) is 51.1 Å². The number of nitrogens with two attached hydrogens (primary N) is 2. The minimum atomic E-state index is -3.99. The van der Waals surface area contributed by atoms with Crippen molar-refractivity contribution >= 4 is 27.5 Å². The summed E-state index contributed by atoms with van der Waals surface area (Å²) in [6.45, 7) is 0. The summed E-state index contributed by atoms with van der Waals surface area (Å²) in [4.78, 5) is 0.0968. The zero-order valence-corrected chi connectivity index (χ0v) is 11.6. The van der Waals surface area contributed by atoms with E-state index in [9.17, 15) is 17.2 Å². The molecule has 0 radical (unpaired) electrons. The molecule has 2 rings (SSSR count). The second kappa shape index (κ2) is 5.39. The Kier molecular flexibility index (Phi) is 3.98. The molecular formula is C12H10F2N2O2S2. The number of halogens is 2. The first-order chi connectivity index (χ1) is 9.27. The summed E-state index contributed by atoms with van der Waals surface area (Å²) in [5, 5.41) is 5.09. The summed E-state index contributed by atoms with van der Waals surface area (Å²) in [5.41, 5.74) is 5.73. The fourth-order valence-electron chi connectivity index (χ4n) is 1.51. The highest BCUT2D eigenvalue weighted by molar-refractivity contribution is 8.00. The number of benzene rings is 2. The summed E-state index contributed by atoms with van der Waals surface area (Å²) in [7, 11) is -3.99. The Labute approximate surface area is 118 Å². The van der Waals surface area contributed by atoms with Crippen LogP contribution in [0.1, 0.15) is 0 Å². The molecule has 0 aliphatic heterocycles. The average Bonchev–Trinajstić information content (AvgIpc) is 2.33. The molecule has 0 aromatic heterocycles. The standard InChI is InChI=1S/C12H10F2N2O2S2/c13-7-1-3-10(9(14)5-7)19-11-4-2-8(15)6-12(11)20(16,17)18/h1-6H,15H2,(H2,16,17,18). The van der Waals surface area contributed by atoms with Gasteiger partial charge in [-0.1, -0.05) is 11.8 Å². The lowest BCUT2D eigenvalue weighted by Crippen LogP contribution is -2.13. The van der Waals surface area contributed by atoms with Crippen molar-refractivity contribution in [2.45, 2.75) is 14.7 Å². The van der Waals surface area contributed by atoms with Crippen LogP contribution in [-0.2, 0) is 10.0 Å². The SMILES string of the molecule is Nc1ccc(Sc2ccc(F)cc2F)c(S(N)(=O)=O)c1. The summed E-state index contributed by atoms with van der Waals surface area (Å²) in [6.07, 6.45) is 0. The number of hydrogen-bond donors (Lipinski definition) is 2. The van der Waals surface area contributed by atoms with Crippen LogP contribution in [0, 0.1) is 11.6 Å². The second-order valence-electron chi connectivity index (χ2n) is 3.93. The van der Waals surface area contributed by atoms with Crippen molar-refractivity contribution < 1.29 is 17.2 Å². The summed E-state index contributed by atoms with van der Waals surface area (Å²) >= 11 is 0.829. The van der Waals surface area contributed by atoms with Crippen LogP contribution in [0.3, 0.4) is 0 Å². The number of primary sulfonamides is 1. The molecule has 4 nitrogen and oxygen atoms in total. The molecule has 106 valence electrons. The molecule has 8 heteroatoms. The second-order valence-corrected chi connectivity index (χ2v) is 6.54. The smallest absolute Gasteiger partial charge is 0.239 e. The van der Waals surface area contributed by atoms with Gasteiger partial charge in [0.05, 0.1) is 4.90 Å².